The van der Waals surface area contributed by atoms with Crippen LogP contribution in [0.5, 0.6) is 0 Å². The van der Waals surface area contributed by atoms with E-state index in [4.69, 9.17) is 9.52 Å². The Morgan fingerprint density at radius 1 is 1.45 bits per heavy atom. The van der Waals surface area contributed by atoms with Crippen molar-refractivity contribution in [3.63, 3.8) is 0 Å². The summed E-state index contributed by atoms with van der Waals surface area (Å²) in [7, 11) is 0. The topological polar surface area (TPSA) is 94.8 Å². The van der Waals surface area contributed by atoms with Crippen molar-refractivity contribution in [1.29, 1.82) is 0 Å². The Hall–Kier alpha value is -2.02. The van der Waals surface area contributed by atoms with Crippen molar-refractivity contribution in [3.8, 4) is 0 Å². The van der Waals surface area contributed by atoms with E-state index in [2.05, 4.69) is 10.6 Å². The third kappa shape index (κ3) is 4.24. The number of carbonyl (C=O) groups is 2. The Labute approximate surface area is 129 Å². The number of carbonyl (C=O) groups excluding carboxylic acids is 1. The van der Waals surface area contributed by atoms with E-state index in [1.54, 1.807) is 6.26 Å². The Morgan fingerprint density at radius 2 is 2.18 bits per heavy atom. The molecule has 1 saturated carbocycles. The van der Waals surface area contributed by atoms with E-state index in [1.807, 2.05) is 24.8 Å². The number of likely N-dealkylation sites (N-methyl/N-ethyl adjacent to an activating group) is 1. The van der Waals surface area contributed by atoms with Gasteiger partial charge in [0.2, 0.25) is 0 Å². The van der Waals surface area contributed by atoms with Crippen LogP contribution in [0.25, 0.3) is 0 Å². The number of rotatable bonds is 7. The average Bonchev–Trinajstić information content (AvgIpc) is 2.83. The highest BCUT2D eigenvalue weighted by atomic mass is 16.4. The third-order valence-electron chi connectivity index (χ3n) is 4.09. The number of carboxylic acids is 1. The van der Waals surface area contributed by atoms with Crippen molar-refractivity contribution in [2.75, 3.05) is 13.1 Å². The van der Waals surface area contributed by atoms with Gasteiger partial charge in [0.05, 0.1) is 19.4 Å². The summed E-state index contributed by atoms with van der Waals surface area (Å²) in [5, 5.41) is 14.5. The number of hydrogen-bond donors (Lipinski definition) is 3. The van der Waals surface area contributed by atoms with E-state index in [0.29, 0.717) is 13.1 Å². The lowest BCUT2D eigenvalue weighted by molar-refractivity contribution is -0.139. The molecule has 0 saturated heterocycles. The van der Waals surface area contributed by atoms with E-state index in [-0.39, 0.29) is 24.7 Å². The number of aryl methyl sites for hydroxylation is 1. The molecule has 22 heavy (non-hydrogen) atoms. The summed E-state index contributed by atoms with van der Waals surface area (Å²) in [6.45, 7) is 4.99. The molecule has 122 valence electrons. The number of carboxylic acid groups (broad SMARTS) is 1. The maximum absolute atomic E-state index is 11.8. The summed E-state index contributed by atoms with van der Waals surface area (Å²) >= 11 is 0. The fraction of sp³-hybridized carbons (Fsp3) is 0.600. The highest BCUT2D eigenvalue weighted by Gasteiger charge is 2.34. The smallest absolute Gasteiger partial charge is 0.317 e. The zero-order chi connectivity index (χ0) is 16.1. The molecule has 7 heteroatoms. The molecule has 0 radical (unpaired) electrons. The second-order valence-electron chi connectivity index (χ2n) is 5.63. The number of amides is 2. The molecule has 0 bridgehead atoms. The van der Waals surface area contributed by atoms with Gasteiger partial charge < -0.3 is 20.2 Å². The zero-order valence-corrected chi connectivity index (χ0v) is 13.0. The van der Waals surface area contributed by atoms with Crippen molar-refractivity contribution < 1.29 is 19.1 Å². The summed E-state index contributed by atoms with van der Waals surface area (Å²) in [5.41, 5.74) is 1.01. The lowest BCUT2D eigenvalue weighted by Gasteiger charge is -2.42. The van der Waals surface area contributed by atoms with E-state index < -0.39 is 5.97 Å². The lowest BCUT2D eigenvalue weighted by Crippen LogP contribution is -2.56. The van der Waals surface area contributed by atoms with Gasteiger partial charge in [0.25, 0.3) is 0 Å². The molecule has 7 nitrogen and oxygen atoms in total. The van der Waals surface area contributed by atoms with Crippen LogP contribution in [-0.2, 0) is 11.3 Å². The SMILES string of the molecule is CCN(CC(=O)O)C1CC(NC(=O)NCc2occc2C)C1. The molecule has 0 aliphatic heterocycles. The van der Waals surface area contributed by atoms with Gasteiger partial charge in [-0.05, 0) is 37.9 Å². The van der Waals surface area contributed by atoms with Crippen LogP contribution in [0.4, 0.5) is 4.79 Å². The van der Waals surface area contributed by atoms with Crippen LogP contribution in [0, 0.1) is 6.92 Å². The molecule has 1 fully saturated rings. The lowest BCUT2D eigenvalue weighted by atomic mass is 9.85. The summed E-state index contributed by atoms with van der Waals surface area (Å²) in [4.78, 5) is 24.5. The van der Waals surface area contributed by atoms with Crippen LogP contribution in [0.15, 0.2) is 16.7 Å². The van der Waals surface area contributed by atoms with E-state index in [0.717, 1.165) is 24.2 Å². The molecule has 0 spiro atoms. The minimum absolute atomic E-state index is 0.0534. The number of aliphatic carboxylic acids is 1. The Kier molecular flexibility index (Phi) is 5.43. The van der Waals surface area contributed by atoms with Crippen LogP contribution in [0.3, 0.4) is 0 Å². The summed E-state index contributed by atoms with van der Waals surface area (Å²) in [6.07, 6.45) is 3.17. The van der Waals surface area contributed by atoms with E-state index >= 15 is 0 Å². The normalized spacial score (nSPS) is 20.5. The standard InChI is InChI=1S/C15H23N3O4/c1-3-18(9-14(19)20)12-6-11(7-12)17-15(21)16-8-13-10(2)4-5-22-13/h4-5,11-12H,3,6-9H2,1-2H3,(H,19,20)(H2,16,17,21). The van der Waals surface area contributed by atoms with Crippen molar-refractivity contribution in [2.45, 2.75) is 45.3 Å². The zero-order valence-electron chi connectivity index (χ0n) is 13.0. The maximum Gasteiger partial charge on any atom is 0.317 e. The number of nitrogens with one attached hydrogen (secondary N) is 2. The second-order valence-corrected chi connectivity index (χ2v) is 5.63. The van der Waals surface area contributed by atoms with Crippen molar-refractivity contribution in [3.05, 3.63) is 23.7 Å². The Bertz CT molecular complexity index is 523. The van der Waals surface area contributed by atoms with Gasteiger partial charge in [-0.3, -0.25) is 9.69 Å². The summed E-state index contributed by atoms with van der Waals surface area (Å²) in [6, 6.07) is 1.97. The maximum atomic E-state index is 11.8. The van der Waals surface area contributed by atoms with Crippen molar-refractivity contribution in [2.24, 2.45) is 0 Å². The van der Waals surface area contributed by atoms with Crippen molar-refractivity contribution >= 4 is 12.0 Å². The fourth-order valence-electron chi connectivity index (χ4n) is 2.66. The number of hydrogen-bond acceptors (Lipinski definition) is 4. The first-order valence-corrected chi connectivity index (χ1v) is 7.52. The Balaban J connectivity index is 1.67. The summed E-state index contributed by atoms with van der Waals surface area (Å²) in [5.74, 6) is -0.0647. The molecule has 2 amide bonds. The van der Waals surface area contributed by atoms with Crippen molar-refractivity contribution in [1.82, 2.24) is 15.5 Å². The van der Waals surface area contributed by atoms with Crippen LogP contribution in [0.2, 0.25) is 0 Å². The molecule has 1 aliphatic rings. The molecule has 1 aliphatic carbocycles. The minimum Gasteiger partial charge on any atom is -0.480 e. The second kappa shape index (κ2) is 7.31. The fourth-order valence-corrected chi connectivity index (χ4v) is 2.66. The average molecular weight is 309 g/mol. The van der Waals surface area contributed by atoms with E-state index in [9.17, 15) is 9.59 Å². The van der Waals surface area contributed by atoms with Crippen LogP contribution >= 0.6 is 0 Å². The largest absolute Gasteiger partial charge is 0.480 e. The van der Waals surface area contributed by atoms with Gasteiger partial charge in [-0.2, -0.15) is 0 Å². The molecule has 0 aromatic carbocycles. The van der Waals surface area contributed by atoms with Crippen LogP contribution < -0.4 is 10.6 Å². The van der Waals surface area contributed by atoms with E-state index in [1.165, 1.54) is 0 Å². The van der Waals surface area contributed by atoms with Gasteiger partial charge in [-0.25, -0.2) is 4.79 Å². The quantitative estimate of drug-likeness (QED) is 0.706. The molecular weight excluding hydrogens is 286 g/mol. The number of furan rings is 1. The Morgan fingerprint density at radius 3 is 2.73 bits per heavy atom. The highest BCUT2D eigenvalue weighted by molar-refractivity contribution is 5.74. The molecule has 3 N–H and O–H groups in total. The molecule has 1 aromatic rings. The van der Waals surface area contributed by atoms with Gasteiger partial charge in [0.15, 0.2) is 0 Å². The molecule has 2 rings (SSSR count). The molecule has 1 heterocycles. The molecule has 0 atom stereocenters. The number of urea groups is 1. The third-order valence-corrected chi connectivity index (χ3v) is 4.09. The van der Waals surface area contributed by atoms with Gasteiger partial charge in [-0.1, -0.05) is 6.92 Å². The predicted molar refractivity (Wildman–Crippen MR) is 80.5 cm³/mol. The van der Waals surface area contributed by atoms with Crippen LogP contribution in [-0.4, -0.2) is 47.2 Å². The number of nitrogens with zero attached hydrogens (tertiary/aromatic N) is 1. The molecule has 1 aromatic heterocycles. The first-order chi connectivity index (χ1) is 10.5. The van der Waals surface area contributed by atoms with Gasteiger partial charge in [0, 0.05) is 12.1 Å². The predicted octanol–water partition coefficient (Wildman–Crippen LogP) is 1.32. The first kappa shape index (κ1) is 16.4. The first-order valence-electron chi connectivity index (χ1n) is 7.52. The summed E-state index contributed by atoms with van der Waals surface area (Å²) < 4.78 is 5.26. The minimum atomic E-state index is -0.815. The van der Waals surface area contributed by atoms with Crippen LogP contribution in [0.1, 0.15) is 31.1 Å². The molecular formula is C15H23N3O4. The highest BCUT2D eigenvalue weighted by Crippen LogP contribution is 2.25. The van der Waals surface area contributed by atoms with Gasteiger partial charge in [0.1, 0.15) is 5.76 Å². The molecule has 0 unspecified atom stereocenters. The van der Waals surface area contributed by atoms with Gasteiger partial charge in [-0.15, -0.1) is 0 Å². The van der Waals surface area contributed by atoms with Gasteiger partial charge >= 0.3 is 12.0 Å². The monoisotopic (exact) mass is 309 g/mol.